The molecular weight excluding hydrogens is 162 g/mol. The first-order chi connectivity index (χ1) is 6.42. The number of H-pyrrole nitrogens is 1. The molecule has 0 aliphatic rings. The van der Waals surface area contributed by atoms with Crippen molar-refractivity contribution in [3.05, 3.63) is 36.0 Å². The van der Waals surface area contributed by atoms with Gasteiger partial charge in [-0.15, -0.1) is 0 Å². The van der Waals surface area contributed by atoms with Gasteiger partial charge >= 0.3 is 0 Å². The molecule has 0 bridgehead atoms. The van der Waals surface area contributed by atoms with Gasteiger partial charge in [-0.2, -0.15) is 0 Å². The normalized spacial score (nSPS) is 10.5. The molecular formula is C11H10NO. The fraction of sp³-hybridized carbons (Fsp3) is 0.182. The number of aromatic amines is 1. The van der Waals surface area contributed by atoms with Crippen LogP contribution in [-0.4, -0.2) is 11.3 Å². The fourth-order valence-electron chi connectivity index (χ4n) is 1.52. The Labute approximate surface area is 76.6 Å². The zero-order valence-electron chi connectivity index (χ0n) is 7.21. The van der Waals surface area contributed by atoms with Crippen LogP contribution in [0.1, 0.15) is 12.0 Å². The van der Waals surface area contributed by atoms with Gasteiger partial charge in [0.25, 0.3) is 0 Å². The molecule has 2 aromatic rings. The Morgan fingerprint density at radius 1 is 1.31 bits per heavy atom. The molecule has 13 heavy (non-hydrogen) atoms. The first-order valence-electron chi connectivity index (χ1n) is 4.32. The number of rotatable bonds is 3. The quantitative estimate of drug-likeness (QED) is 0.756. The van der Waals surface area contributed by atoms with E-state index in [1.165, 1.54) is 10.9 Å². The molecule has 1 N–H and O–H groups in total. The van der Waals surface area contributed by atoms with Gasteiger partial charge in [-0.25, -0.2) is 0 Å². The lowest BCUT2D eigenvalue weighted by Gasteiger charge is -1.93. The van der Waals surface area contributed by atoms with E-state index >= 15 is 0 Å². The number of benzene rings is 1. The van der Waals surface area contributed by atoms with E-state index < -0.39 is 0 Å². The Hall–Kier alpha value is -1.57. The number of hydrogen-bond acceptors (Lipinski definition) is 1. The maximum atomic E-state index is 10.1. The SMILES string of the molecule is O=[C]CCc1c[nH]c2ccccc12. The van der Waals surface area contributed by atoms with Gasteiger partial charge < -0.3 is 4.98 Å². The molecule has 2 rings (SSSR count). The van der Waals surface area contributed by atoms with Crippen molar-refractivity contribution in [1.29, 1.82) is 0 Å². The number of aryl methyl sites for hydroxylation is 1. The summed E-state index contributed by atoms with van der Waals surface area (Å²) in [5.41, 5.74) is 2.32. The molecule has 1 aromatic heterocycles. The minimum absolute atomic E-state index is 0.474. The molecule has 0 spiro atoms. The van der Waals surface area contributed by atoms with Gasteiger partial charge in [-0.1, -0.05) is 18.2 Å². The molecule has 0 saturated heterocycles. The highest BCUT2D eigenvalue weighted by atomic mass is 16.1. The summed E-state index contributed by atoms with van der Waals surface area (Å²) in [5.74, 6) is 0. The van der Waals surface area contributed by atoms with Crippen molar-refractivity contribution in [1.82, 2.24) is 4.98 Å². The van der Waals surface area contributed by atoms with Crippen molar-refractivity contribution in [2.24, 2.45) is 0 Å². The molecule has 0 aliphatic heterocycles. The van der Waals surface area contributed by atoms with Gasteiger partial charge in [-0.3, -0.25) is 4.79 Å². The Bertz CT molecular complexity index is 417. The van der Waals surface area contributed by atoms with E-state index in [1.54, 1.807) is 0 Å². The highest BCUT2D eigenvalue weighted by Crippen LogP contribution is 2.18. The van der Waals surface area contributed by atoms with Gasteiger partial charge in [0, 0.05) is 23.5 Å². The molecule has 0 unspecified atom stereocenters. The zero-order chi connectivity index (χ0) is 9.10. The fourth-order valence-corrected chi connectivity index (χ4v) is 1.52. The van der Waals surface area contributed by atoms with Crippen molar-refractivity contribution in [2.45, 2.75) is 12.8 Å². The maximum absolute atomic E-state index is 10.1. The largest absolute Gasteiger partial charge is 0.361 e. The van der Waals surface area contributed by atoms with E-state index in [0.717, 1.165) is 11.9 Å². The Balaban J connectivity index is 2.40. The standard InChI is InChI=1S/C11H10NO/c13-7-3-4-9-8-12-11-6-2-1-5-10(9)11/h1-2,5-6,8,12H,3-4H2. The predicted molar refractivity (Wildman–Crippen MR) is 52.3 cm³/mol. The number of carbonyl (C=O) groups excluding carboxylic acids is 1. The average molecular weight is 172 g/mol. The topological polar surface area (TPSA) is 32.9 Å². The average Bonchev–Trinajstić information content (AvgIpc) is 2.58. The molecule has 65 valence electrons. The molecule has 0 aliphatic carbocycles. The first kappa shape index (κ1) is 8.05. The third-order valence-electron chi connectivity index (χ3n) is 2.17. The van der Waals surface area contributed by atoms with Crippen molar-refractivity contribution >= 4 is 17.2 Å². The molecule has 1 heterocycles. The summed E-state index contributed by atoms with van der Waals surface area (Å²) in [5, 5.41) is 1.21. The monoisotopic (exact) mass is 172 g/mol. The van der Waals surface area contributed by atoms with E-state index in [-0.39, 0.29) is 0 Å². The minimum Gasteiger partial charge on any atom is -0.361 e. The van der Waals surface area contributed by atoms with Crippen LogP contribution in [0.3, 0.4) is 0 Å². The lowest BCUT2D eigenvalue weighted by atomic mass is 10.1. The van der Waals surface area contributed by atoms with E-state index in [0.29, 0.717) is 6.42 Å². The highest BCUT2D eigenvalue weighted by molar-refractivity contribution is 5.83. The second kappa shape index (κ2) is 3.44. The summed E-state index contributed by atoms with van der Waals surface area (Å²) < 4.78 is 0. The maximum Gasteiger partial charge on any atom is 0.198 e. The van der Waals surface area contributed by atoms with Crippen molar-refractivity contribution in [3.8, 4) is 0 Å². The second-order valence-electron chi connectivity index (χ2n) is 3.00. The molecule has 2 heteroatoms. The smallest absolute Gasteiger partial charge is 0.198 e. The van der Waals surface area contributed by atoms with Crippen LogP contribution in [0.25, 0.3) is 10.9 Å². The number of hydrogen-bond donors (Lipinski definition) is 1. The lowest BCUT2D eigenvalue weighted by molar-refractivity contribution is 0.551. The first-order valence-corrected chi connectivity index (χ1v) is 4.32. The van der Waals surface area contributed by atoms with E-state index in [1.807, 2.05) is 30.7 Å². The number of nitrogens with one attached hydrogen (secondary N) is 1. The van der Waals surface area contributed by atoms with Gasteiger partial charge in [0.1, 0.15) is 0 Å². The van der Waals surface area contributed by atoms with Gasteiger partial charge in [0.2, 0.25) is 0 Å². The molecule has 0 amide bonds. The highest BCUT2D eigenvalue weighted by Gasteiger charge is 2.01. The predicted octanol–water partition coefficient (Wildman–Crippen LogP) is 2.21. The Morgan fingerprint density at radius 3 is 3.00 bits per heavy atom. The van der Waals surface area contributed by atoms with Crippen LogP contribution in [0.15, 0.2) is 30.5 Å². The molecule has 1 radical (unpaired) electrons. The van der Waals surface area contributed by atoms with Crippen molar-refractivity contribution in [2.75, 3.05) is 0 Å². The van der Waals surface area contributed by atoms with Gasteiger partial charge in [0.05, 0.1) is 0 Å². The van der Waals surface area contributed by atoms with Crippen LogP contribution in [0.2, 0.25) is 0 Å². The summed E-state index contributed by atoms with van der Waals surface area (Å²) in [6, 6.07) is 8.09. The summed E-state index contributed by atoms with van der Waals surface area (Å²) in [6.45, 7) is 0. The van der Waals surface area contributed by atoms with E-state index in [4.69, 9.17) is 0 Å². The summed E-state index contributed by atoms with van der Waals surface area (Å²) >= 11 is 0. The number of para-hydroxylation sites is 1. The van der Waals surface area contributed by atoms with Crippen molar-refractivity contribution in [3.63, 3.8) is 0 Å². The summed E-state index contributed by atoms with van der Waals surface area (Å²) in [6.07, 6.45) is 5.11. The van der Waals surface area contributed by atoms with E-state index in [9.17, 15) is 4.79 Å². The molecule has 0 atom stereocenters. The second-order valence-corrected chi connectivity index (χ2v) is 3.00. The minimum atomic E-state index is 0.474. The van der Waals surface area contributed by atoms with Crippen LogP contribution in [0, 0.1) is 0 Å². The van der Waals surface area contributed by atoms with Crippen molar-refractivity contribution < 1.29 is 4.79 Å². The van der Waals surface area contributed by atoms with Gasteiger partial charge in [0.15, 0.2) is 6.29 Å². The Morgan fingerprint density at radius 2 is 2.15 bits per heavy atom. The van der Waals surface area contributed by atoms with Crippen LogP contribution in [0.4, 0.5) is 0 Å². The van der Waals surface area contributed by atoms with Crippen LogP contribution >= 0.6 is 0 Å². The lowest BCUT2D eigenvalue weighted by Crippen LogP contribution is -1.82. The summed E-state index contributed by atoms with van der Waals surface area (Å²) in [4.78, 5) is 13.3. The molecule has 1 aromatic carbocycles. The zero-order valence-corrected chi connectivity index (χ0v) is 7.21. The van der Waals surface area contributed by atoms with Gasteiger partial charge in [-0.05, 0) is 18.1 Å². The van der Waals surface area contributed by atoms with Crippen LogP contribution in [-0.2, 0) is 11.2 Å². The van der Waals surface area contributed by atoms with Crippen LogP contribution < -0.4 is 0 Å². The van der Waals surface area contributed by atoms with E-state index in [2.05, 4.69) is 11.1 Å². The summed E-state index contributed by atoms with van der Waals surface area (Å²) in [7, 11) is 0. The third kappa shape index (κ3) is 1.47. The number of fused-ring (bicyclic) bond motifs is 1. The molecule has 2 nitrogen and oxygen atoms in total. The molecule has 0 saturated carbocycles. The molecule has 0 fully saturated rings. The number of aromatic nitrogens is 1. The van der Waals surface area contributed by atoms with Crippen LogP contribution in [0.5, 0.6) is 0 Å². The third-order valence-corrected chi connectivity index (χ3v) is 2.17. The Kier molecular flexibility index (Phi) is 2.13.